The molecular weight excluding hydrogens is 522 g/mol. The van der Waals surface area contributed by atoms with Crippen LogP contribution in [0.5, 0.6) is 0 Å². The standard InChI is InChI=1S/C23H23N5O9S/c24-10-17(22(29)26-21-9-15-5-6-25-11-20(15)38-21)14-3-1-13(2-4-14)12-35-23(30)16-7-18(36-27(31)32)19(8-16)37-28(33)34/h1-6,9,11,16-19H,7-8,10,12,24H2,(H,26,29)/t17-,18-,19-/m1/s1. The van der Waals surface area contributed by atoms with E-state index in [2.05, 4.69) is 20.0 Å². The van der Waals surface area contributed by atoms with E-state index in [0.717, 1.165) is 10.1 Å². The highest BCUT2D eigenvalue weighted by Gasteiger charge is 2.43. The van der Waals surface area contributed by atoms with Gasteiger partial charge in [0.1, 0.15) is 18.8 Å². The summed E-state index contributed by atoms with van der Waals surface area (Å²) in [5.74, 6) is -2.41. The number of anilines is 1. The molecule has 0 spiro atoms. The molecule has 3 aromatic rings. The number of benzene rings is 1. The molecule has 38 heavy (non-hydrogen) atoms. The predicted octanol–water partition coefficient (Wildman–Crippen LogP) is 2.58. The van der Waals surface area contributed by atoms with Gasteiger partial charge in [0.2, 0.25) is 5.91 Å². The zero-order valence-electron chi connectivity index (χ0n) is 19.8. The van der Waals surface area contributed by atoms with Crippen molar-refractivity contribution < 1.29 is 34.2 Å². The second kappa shape index (κ2) is 11.8. The van der Waals surface area contributed by atoms with Crippen molar-refractivity contribution in [3.63, 3.8) is 0 Å². The number of pyridine rings is 1. The summed E-state index contributed by atoms with van der Waals surface area (Å²) in [7, 11) is 0. The Morgan fingerprint density at radius 3 is 2.34 bits per heavy atom. The number of hydrogen-bond donors (Lipinski definition) is 2. The first kappa shape index (κ1) is 26.7. The largest absolute Gasteiger partial charge is 0.461 e. The highest BCUT2D eigenvalue weighted by atomic mass is 32.1. The fourth-order valence-corrected chi connectivity index (χ4v) is 5.20. The van der Waals surface area contributed by atoms with Crippen LogP contribution in [0.1, 0.15) is 29.9 Å². The molecule has 0 bridgehead atoms. The monoisotopic (exact) mass is 545 g/mol. The molecule has 4 rings (SSSR count). The molecule has 2 aromatic heterocycles. The van der Waals surface area contributed by atoms with Crippen LogP contribution in [0.25, 0.3) is 10.1 Å². The molecule has 3 atom stereocenters. The molecule has 14 nitrogen and oxygen atoms in total. The van der Waals surface area contributed by atoms with E-state index in [1.807, 2.05) is 12.1 Å². The minimum absolute atomic E-state index is 0.0784. The number of aromatic nitrogens is 1. The van der Waals surface area contributed by atoms with Gasteiger partial charge in [-0.25, -0.2) is 0 Å². The van der Waals surface area contributed by atoms with E-state index in [1.165, 1.54) is 11.3 Å². The molecule has 1 amide bonds. The van der Waals surface area contributed by atoms with Gasteiger partial charge in [-0.15, -0.1) is 31.6 Å². The molecule has 1 aromatic carbocycles. The van der Waals surface area contributed by atoms with Crippen molar-refractivity contribution in [2.24, 2.45) is 11.7 Å². The Balaban J connectivity index is 1.32. The number of nitrogens with one attached hydrogen (secondary N) is 1. The van der Waals surface area contributed by atoms with Gasteiger partial charge in [0.15, 0.2) is 0 Å². The molecule has 0 aliphatic heterocycles. The SMILES string of the molecule is NC[C@@H](C(=O)Nc1cc2ccncc2s1)c1ccc(COC(=O)C2C[C@@H](O[N+](=O)[O-])[C@H](O[N+](=O)[O-])C2)cc1. The van der Waals surface area contributed by atoms with Crippen molar-refractivity contribution in [1.29, 1.82) is 0 Å². The lowest BCUT2D eigenvalue weighted by Crippen LogP contribution is -2.30. The summed E-state index contributed by atoms with van der Waals surface area (Å²) in [6.45, 7) is -0.0263. The van der Waals surface area contributed by atoms with Crippen LogP contribution < -0.4 is 11.1 Å². The molecule has 1 fully saturated rings. The Labute approximate surface area is 218 Å². The quantitative estimate of drug-likeness (QED) is 0.204. The Bertz CT molecular complexity index is 1280. The van der Waals surface area contributed by atoms with Crippen LogP contribution in [0.4, 0.5) is 5.00 Å². The van der Waals surface area contributed by atoms with Gasteiger partial charge in [0, 0.05) is 18.9 Å². The number of esters is 1. The van der Waals surface area contributed by atoms with E-state index in [0.29, 0.717) is 16.1 Å². The van der Waals surface area contributed by atoms with E-state index in [-0.39, 0.29) is 31.9 Å². The topological polar surface area (TPSA) is 199 Å². The molecule has 1 aliphatic carbocycles. The first-order chi connectivity index (χ1) is 18.2. The van der Waals surface area contributed by atoms with Crippen molar-refractivity contribution >= 4 is 38.3 Å². The van der Waals surface area contributed by atoms with Gasteiger partial charge >= 0.3 is 5.97 Å². The van der Waals surface area contributed by atoms with E-state index in [1.54, 1.807) is 36.7 Å². The first-order valence-corrected chi connectivity index (χ1v) is 12.3. The van der Waals surface area contributed by atoms with Crippen molar-refractivity contribution in [1.82, 2.24) is 4.98 Å². The lowest BCUT2D eigenvalue weighted by atomic mass is 9.97. The van der Waals surface area contributed by atoms with Gasteiger partial charge in [-0.3, -0.25) is 14.6 Å². The van der Waals surface area contributed by atoms with Crippen LogP contribution in [0.3, 0.4) is 0 Å². The number of ether oxygens (including phenoxy) is 1. The Morgan fingerprint density at radius 2 is 1.76 bits per heavy atom. The normalized spacial score (nSPS) is 18.0. The number of amides is 1. The number of nitrogens with two attached hydrogens (primary N) is 1. The number of nitrogens with zero attached hydrogens (tertiary/aromatic N) is 3. The number of carbonyl (C=O) groups is 2. The summed E-state index contributed by atoms with van der Waals surface area (Å²) in [5.41, 5.74) is 7.19. The number of carbonyl (C=O) groups excluding carboxylic acids is 2. The Morgan fingerprint density at radius 1 is 1.11 bits per heavy atom. The van der Waals surface area contributed by atoms with Crippen LogP contribution in [-0.4, -0.2) is 45.8 Å². The molecule has 15 heteroatoms. The molecule has 0 saturated heterocycles. The van der Waals surface area contributed by atoms with Crippen LogP contribution in [0.15, 0.2) is 48.8 Å². The smallest absolute Gasteiger partial charge is 0.309 e. The van der Waals surface area contributed by atoms with Gasteiger partial charge < -0.3 is 25.5 Å². The average Bonchev–Trinajstić information content (AvgIpc) is 3.46. The maximum Gasteiger partial charge on any atom is 0.309 e. The second-order valence-electron chi connectivity index (χ2n) is 8.55. The summed E-state index contributed by atoms with van der Waals surface area (Å²) in [6.07, 6.45) is 0.596. The maximum absolute atomic E-state index is 12.9. The zero-order chi connectivity index (χ0) is 27.2. The second-order valence-corrected chi connectivity index (χ2v) is 9.64. The minimum Gasteiger partial charge on any atom is -0.461 e. The van der Waals surface area contributed by atoms with Crippen LogP contribution in [0.2, 0.25) is 0 Å². The predicted molar refractivity (Wildman–Crippen MR) is 133 cm³/mol. The van der Waals surface area contributed by atoms with Gasteiger partial charge in [-0.1, -0.05) is 24.3 Å². The van der Waals surface area contributed by atoms with Gasteiger partial charge in [0.05, 0.1) is 21.5 Å². The summed E-state index contributed by atoms with van der Waals surface area (Å²) >= 11 is 1.41. The third kappa shape index (κ3) is 6.49. The molecular formula is C23H23N5O9S. The Kier molecular flexibility index (Phi) is 8.28. The fourth-order valence-electron chi connectivity index (χ4n) is 4.26. The Hall–Kier alpha value is -4.37. The van der Waals surface area contributed by atoms with Crippen molar-refractivity contribution in [2.75, 3.05) is 11.9 Å². The minimum atomic E-state index is -1.25. The summed E-state index contributed by atoms with van der Waals surface area (Å²) < 4.78 is 6.25. The third-order valence-corrected chi connectivity index (χ3v) is 7.11. The lowest BCUT2D eigenvalue weighted by molar-refractivity contribution is -0.797. The van der Waals surface area contributed by atoms with Crippen LogP contribution >= 0.6 is 11.3 Å². The molecule has 200 valence electrons. The van der Waals surface area contributed by atoms with Crippen LogP contribution in [-0.2, 0) is 30.6 Å². The molecule has 2 heterocycles. The summed E-state index contributed by atoms with van der Waals surface area (Å²) in [6, 6.07) is 10.5. The van der Waals surface area contributed by atoms with Crippen molar-refractivity contribution in [3.8, 4) is 0 Å². The highest BCUT2D eigenvalue weighted by Crippen LogP contribution is 2.32. The number of hydrogen-bond acceptors (Lipinski definition) is 12. The van der Waals surface area contributed by atoms with E-state index >= 15 is 0 Å². The highest BCUT2D eigenvalue weighted by molar-refractivity contribution is 7.22. The van der Waals surface area contributed by atoms with E-state index in [4.69, 9.17) is 10.5 Å². The average molecular weight is 546 g/mol. The molecule has 0 radical (unpaired) electrons. The summed E-state index contributed by atoms with van der Waals surface area (Å²) in [4.78, 5) is 59.6. The third-order valence-electron chi connectivity index (χ3n) is 6.11. The molecule has 0 unspecified atom stereocenters. The number of fused-ring (bicyclic) bond motifs is 1. The summed E-state index contributed by atoms with van der Waals surface area (Å²) in [5, 5.41) is 23.7. The molecule has 1 aliphatic rings. The van der Waals surface area contributed by atoms with Crippen molar-refractivity contribution in [3.05, 3.63) is 80.1 Å². The van der Waals surface area contributed by atoms with E-state index < -0.39 is 40.2 Å². The van der Waals surface area contributed by atoms with Gasteiger partial charge in [-0.2, -0.15) is 0 Å². The zero-order valence-corrected chi connectivity index (χ0v) is 20.6. The van der Waals surface area contributed by atoms with Gasteiger partial charge in [0.25, 0.3) is 10.2 Å². The lowest BCUT2D eigenvalue weighted by Gasteiger charge is -2.15. The first-order valence-electron chi connectivity index (χ1n) is 11.5. The van der Waals surface area contributed by atoms with Crippen molar-refractivity contribution in [2.45, 2.75) is 37.6 Å². The fraction of sp³-hybridized carbons (Fsp3) is 0.348. The van der Waals surface area contributed by atoms with Gasteiger partial charge in [-0.05, 0) is 41.5 Å². The number of thiophene rings is 1. The molecule has 1 saturated carbocycles. The maximum atomic E-state index is 12.9. The van der Waals surface area contributed by atoms with Crippen LogP contribution in [0, 0.1) is 26.1 Å². The van der Waals surface area contributed by atoms with E-state index in [9.17, 15) is 29.8 Å². The molecule has 3 N–H and O–H groups in total. The number of rotatable bonds is 11.